The monoisotopic (exact) mass is 417 g/mol. The number of anilines is 1. The average molecular weight is 417 g/mol. The Hall–Kier alpha value is -3.01. The maximum absolute atomic E-state index is 12.7. The molecule has 0 fully saturated rings. The van der Waals surface area contributed by atoms with E-state index in [1.54, 1.807) is 19.9 Å². The van der Waals surface area contributed by atoms with Gasteiger partial charge >= 0.3 is 6.03 Å². The molecule has 9 nitrogen and oxygen atoms in total. The van der Waals surface area contributed by atoms with Crippen molar-refractivity contribution in [2.75, 3.05) is 5.32 Å². The molecular weight excluding hydrogens is 394 g/mol. The summed E-state index contributed by atoms with van der Waals surface area (Å²) in [7, 11) is -4.29. The van der Waals surface area contributed by atoms with E-state index in [-0.39, 0.29) is 22.4 Å². The van der Waals surface area contributed by atoms with Crippen LogP contribution in [0.5, 0.6) is 0 Å². The quantitative estimate of drug-likeness (QED) is 0.681. The second kappa shape index (κ2) is 8.16. The molecule has 0 aliphatic heterocycles. The maximum Gasteiger partial charge on any atom is 0.335 e. The Morgan fingerprint density at radius 3 is 2.55 bits per heavy atom. The fraction of sp³-hybridized carbons (Fsp3) is 0.368. The normalized spacial score (nSPS) is 13.1. The molecule has 1 aromatic carbocycles. The van der Waals surface area contributed by atoms with E-state index in [0.29, 0.717) is 0 Å². The summed E-state index contributed by atoms with van der Waals surface area (Å²) in [5, 5.41) is 5.01. The standard InChI is InChI=1S/C19H23N5O4S/c1-11(2)20-17(25)14-7-4-5-10-16(14)29(27,28)24-19(26)23-18-21-12(3)13-8-6-9-15(13)22-18/h4-5,7,10-11H,6,8-9H2,1-3H3,(H,20,25)(H2,21,22,23,24,26). The maximum atomic E-state index is 12.7. The number of hydrogen-bond donors (Lipinski definition) is 3. The predicted molar refractivity (Wildman–Crippen MR) is 107 cm³/mol. The van der Waals surface area contributed by atoms with Crippen LogP contribution < -0.4 is 15.4 Å². The van der Waals surface area contributed by atoms with Gasteiger partial charge in [0.15, 0.2) is 0 Å². The summed E-state index contributed by atoms with van der Waals surface area (Å²) in [6.45, 7) is 5.36. The van der Waals surface area contributed by atoms with Crippen molar-refractivity contribution in [2.45, 2.75) is 51.0 Å². The molecule has 0 radical (unpaired) electrons. The number of aryl methyl sites for hydroxylation is 2. The van der Waals surface area contributed by atoms with Crippen LogP contribution in [0, 0.1) is 6.92 Å². The van der Waals surface area contributed by atoms with Crippen LogP contribution in [0.3, 0.4) is 0 Å². The molecule has 0 atom stereocenters. The van der Waals surface area contributed by atoms with Crippen molar-refractivity contribution >= 4 is 27.9 Å². The number of nitrogens with one attached hydrogen (secondary N) is 3. The molecule has 3 N–H and O–H groups in total. The van der Waals surface area contributed by atoms with Crippen molar-refractivity contribution in [2.24, 2.45) is 0 Å². The first-order valence-corrected chi connectivity index (χ1v) is 10.8. The highest BCUT2D eigenvalue weighted by Gasteiger charge is 2.25. The van der Waals surface area contributed by atoms with Crippen LogP contribution in [-0.2, 0) is 22.9 Å². The summed E-state index contributed by atoms with van der Waals surface area (Å²) in [6, 6.07) is 4.51. The van der Waals surface area contributed by atoms with Crippen LogP contribution in [-0.4, -0.2) is 36.4 Å². The van der Waals surface area contributed by atoms with Crippen molar-refractivity contribution < 1.29 is 18.0 Å². The number of fused-ring (bicyclic) bond motifs is 1. The molecule has 2 aromatic rings. The van der Waals surface area contributed by atoms with Crippen LogP contribution >= 0.6 is 0 Å². The summed E-state index contributed by atoms with van der Waals surface area (Å²) in [4.78, 5) is 32.8. The van der Waals surface area contributed by atoms with E-state index in [4.69, 9.17) is 0 Å². The number of aromatic nitrogens is 2. The number of benzene rings is 1. The third-order valence-corrected chi connectivity index (χ3v) is 5.82. The zero-order valence-electron chi connectivity index (χ0n) is 16.4. The summed E-state index contributed by atoms with van der Waals surface area (Å²) in [5.41, 5.74) is 2.66. The highest BCUT2D eigenvalue weighted by molar-refractivity contribution is 7.90. The van der Waals surface area contributed by atoms with E-state index in [2.05, 4.69) is 20.6 Å². The number of amides is 3. The lowest BCUT2D eigenvalue weighted by Crippen LogP contribution is -2.37. The zero-order valence-corrected chi connectivity index (χ0v) is 17.3. The molecule has 0 spiro atoms. The minimum absolute atomic E-state index is 0.0432. The van der Waals surface area contributed by atoms with Crippen LogP contribution in [0.2, 0.25) is 0 Å². The first-order chi connectivity index (χ1) is 13.7. The number of carbonyl (C=O) groups excluding carboxylic acids is 2. The van der Waals surface area contributed by atoms with Crippen molar-refractivity contribution in [3.05, 3.63) is 46.8 Å². The van der Waals surface area contributed by atoms with Gasteiger partial charge in [0.1, 0.15) is 4.90 Å². The molecule has 0 bridgehead atoms. The van der Waals surface area contributed by atoms with Crippen LogP contribution in [0.4, 0.5) is 10.7 Å². The molecule has 0 unspecified atom stereocenters. The largest absolute Gasteiger partial charge is 0.350 e. The molecule has 0 saturated heterocycles. The highest BCUT2D eigenvalue weighted by atomic mass is 32.2. The van der Waals surface area contributed by atoms with E-state index in [1.807, 2.05) is 11.6 Å². The lowest BCUT2D eigenvalue weighted by Gasteiger charge is -2.13. The molecule has 1 aliphatic carbocycles. The van der Waals surface area contributed by atoms with Gasteiger partial charge in [-0.15, -0.1) is 0 Å². The minimum Gasteiger partial charge on any atom is -0.350 e. The second-order valence-corrected chi connectivity index (χ2v) is 8.75. The number of urea groups is 1. The van der Waals surface area contributed by atoms with Gasteiger partial charge in [-0.3, -0.25) is 10.1 Å². The van der Waals surface area contributed by atoms with Crippen molar-refractivity contribution in [3.63, 3.8) is 0 Å². The number of hydrogen-bond acceptors (Lipinski definition) is 6. The van der Waals surface area contributed by atoms with Crippen molar-refractivity contribution in [3.8, 4) is 0 Å². The number of sulfonamides is 1. The second-order valence-electron chi connectivity index (χ2n) is 7.10. The van der Waals surface area contributed by atoms with E-state index >= 15 is 0 Å². The molecule has 29 heavy (non-hydrogen) atoms. The van der Waals surface area contributed by atoms with E-state index in [9.17, 15) is 18.0 Å². The average Bonchev–Trinajstić information content (AvgIpc) is 3.09. The van der Waals surface area contributed by atoms with Gasteiger partial charge in [-0.1, -0.05) is 12.1 Å². The third kappa shape index (κ3) is 4.70. The number of nitrogens with zero attached hydrogens (tertiary/aromatic N) is 2. The Kier molecular flexibility index (Phi) is 5.83. The topological polar surface area (TPSA) is 130 Å². The van der Waals surface area contributed by atoms with Crippen LogP contribution in [0.1, 0.15) is 47.6 Å². The van der Waals surface area contributed by atoms with E-state index in [0.717, 1.165) is 36.2 Å². The van der Waals surface area contributed by atoms with Crippen LogP contribution in [0.15, 0.2) is 29.2 Å². The first kappa shape index (κ1) is 20.7. The van der Waals surface area contributed by atoms with Gasteiger partial charge in [0, 0.05) is 17.4 Å². The van der Waals surface area contributed by atoms with Gasteiger partial charge in [0.05, 0.1) is 5.56 Å². The smallest absolute Gasteiger partial charge is 0.335 e. The van der Waals surface area contributed by atoms with E-state index < -0.39 is 22.0 Å². The summed E-state index contributed by atoms with van der Waals surface area (Å²) in [6.07, 6.45) is 2.67. The Bertz CT molecular complexity index is 1070. The molecule has 1 aliphatic rings. The summed E-state index contributed by atoms with van der Waals surface area (Å²) < 4.78 is 27.3. The van der Waals surface area contributed by atoms with Gasteiger partial charge in [0.2, 0.25) is 5.95 Å². The molecule has 3 amide bonds. The predicted octanol–water partition coefficient (Wildman–Crippen LogP) is 1.92. The van der Waals surface area contributed by atoms with Crippen LogP contribution in [0.25, 0.3) is 0 Å². The fourth-order valence-corrected chi connectivity index (χ4v) is 4.32. The molecule has 154 valence electrons. The summed E-state index contributed by atoms with van der Waals surface area (Å²) >= 11 is 0. The first-order valence-electron chi connectivity index (χ1n) is 9.27. The zero-order chi connectivity index (χ0) is 21.2. The molecule has 10 heteroatoms. The third-order valence-electron chi connectivity index (χ3n) is 4.43. The van der Waals surface area contributed by atoms with Crippen molar-refractivity contribution in [1.82, 2.24) is 20.0 Å². The molecule has 3 rings (SSSR count). The summed E-state index contributed by atoms with van der Waals surface area (Å²) in [5.74, 6) is -0.499. The Balaban J connectivity index is 1.79. The van der Waals surface area contributed by atoms with Crippen molar-refractivity contribution in [1.29, 1.82) is 0 Å². The Labute approximate surface area is 169 Å². The van der Waals surface area contributed by atoms with E-state index in [1.165, 1.54) is 18.2 Å². The van der Waals surface area contributed by atoms with Gasteiger partial charge in [-0.05, 0) is 57.7 Å². The Morgan fingerprint density at radius 1 is 1.10 bits per heavy atom. The Morgan fingerprint density at radius 2 is 1.83 bits per heavy atom. The van der Waals surface area contributed by atoms with Gasteiger partial charge in [-0.2, -0.15) is 0 Å². The molecule has 0 saturated carbocycles. The lowest BCUT2D eigenvalue weighted by atomic mass is 10.2. The molecular formula is C19H23N5O4S. The molecule has 1 heterocycles. The minimum atomic E-state index is -4.29. The number of carbonyl (C=O) groups is 2. The van der Waals surface area contributed by atoms with Gasteiger partial charge in [-0.25, -0.2) is 27.9 Å². The lowest BCUT2D eigenvalue weighted by molar-refractivity contribution is 0.0939. The fourth-order valence-electron chi connectivity index (χ4n) is 3.21. The number of rotatable bonds is 5. The van der Waals surface area contributed by atoms with Gasteiger partial charge in [0.25, 0.3) is 15.9 Å². The highest BCUT2D eigenvalue weighted by Crippen LogP contribution is 2.23. The SMILES string of the molecule is Cc1nc(NC(=O)NS(=O)(=O)c2ccccc2C(=O)NC(C)C)nc2c1CCC2. The van der Waals surface area contributed by atoms with Gasteiger partial charge < -0.3 is 5.32 Å². The molecule has 1 aromatic heterocycles.